The minimum Gasteiger partial charge on any atom is -0.326 e. The van der Waals surface area contributed by atoms with Crippen molar-refractivity contribution >= 4 is 45.6 Å². The topological polar surface area (TPSA) is 61.4 Å². The van der Waals surface area contributed by atoms with Crippen LogP contribution in [0.15, 0.2) is 60.7 Å². The molecule has 2 amide bonds. The molecule has 0 aromatic heterocycles. The molecule has 162 valence electrons. The summed E-state index contributed by atoms with van der Waals surface area (Å²) in [7, 11) is 0. The number of nitrogens with zero attached hydrogens (tertiary/aromatic N) is 1. The summed E-state index contributed by atoms with van der Waals surface area (Å²) in [5, 5.41) is 8.23. The van der Waals surface area contributed by atoms with Crippen LogP contribution in [0.2, 0.25) is 0 Å². The standard InChI is InChI=1S/C27H27N3O2/c31-26(12-15-30-13-4-1-5-14-30)28-22-10-11-25-23(18-22)24(27(32)29-25)17-19-8-9-20-6-2-3-7-21(20)16-19/h2-3,6-11,16-18H,1,4-5,12-15H2,(H,28,31)(H,29,32). The summed E-state index contributed by atoms with van der Waals surface area (Å²) in [6.07, 6.45) is 6.13. The number of anilines is 2. The van der Waals surface area contributed by atoms with Gasteiger partial charge in [0, 0.05) is 35.5 Å². The van der Waals surface area contributed by atoms with Crippen molar-refractivity contribution in [3.8, 4) is 0 Å². The lowest BCUT2D eigenvalue weighted by Crippen LogP contribution is -2.32. The van der Waals surface area contributed by atoms with Crippen LogP contribution >= 0.6 is 0 Å². The predicted molar refractivity (Wildman–Crippen MR) is 130 cm³/mol. The minimum absolute atomic E-state index is 0.00728. The third kappa shape index (κ3) is 4.43. The van der Waals surface area contributed by atoms with E-state index in [1.165, 1.54) is 24.6 Å². The lowest BCUT2D eigenvalue weighted by molar-refractivity contribution is -0.116. The molecule has 3 aromatic carbocycles. The van der Waals surface area contributed by atoms with Crippen LogP contribution in [-0.4, -0.2) is 36.3 Å². The summed E-state index contributed by atoms with van der Waals surface area (Å²) in [6, 6.07) is 19.9. The first-order chi connectivity index (χ1) is 15.7. The highest BCUT2D eigenvalue weighted by atomic mass is 16.2. The molecule has 2 aliphatic heterocycles. The highest BCUT2D eigenvalue weighted by Crippen LogP contribution is 2.35. The van der Waals surface area contributed by atoms with E-state index >= 15 is 0 Å². The molecule has 0 spiro atoms. The van der Waals surface area contributed by atoms with Gasteiger partial charge in [0.15, 0.2) is 0 Å². The SMILES string of the molecule is O=C(CCN1CCCCC1)Nc1ccc2c(c1)C(=Cc1ccc3ccccc3c1)C(=O)N2. The zero-order chi connectivity index (χ0) is 21.9. The molecular weight excluding hydrogens is 398 g/mol. The number of benzene rings is 3. The number of carbonyl (C=O) groups is 2. The first kappa shape index (κ1) is 20.5. The average molecular weight is 426 g/mol. The van der Waals surface area contributed by atoms with Gasteiger partial charge in [-0.3, -0.25) is 9.59 Å². The Morgan fingerprint density at radius 2 is 1.78 bits per heavy atom. The van der Waals surface area contributed by atoms with E-state index in [9.17, 15) is 9.59 Å². The Morgan fingerprint density at radius 1 is 0.969 bits per heavy atom. The molecule has 1 saturated heterocycles. The van der Waals surface area contributed by atoms with Gasteiger partial charge in [-0.05, 0) is 72.6 Å². The number of hydrogen-bond donors (Lipinski definition) is 2. The summed E-state index contributed by atoms with van der Waals surface area (Å²) in [6.45, 7) is 2.97. The van der Waals surface area contributed by atoms with Crippen molar-refractivity contribution in [2.24, 2.45) is 0 Å². The van der Waals surface area contributed by atoms with E-state index in [0.29, 0.717) is 17.7 Å². The molecule has 32 heavy (non-hydrogen) atoms. The molecule has 0 atom stereocenters. The molecule has 2 heterocycles. The van der Waals surface area contributed by atoms with E-state index < -0.39 is 0 Å². The normalized spacial score (nSPS) is 17.4. The maximum atomic E-state index is 12.6. The van der Waals surface area contributed by atoms with E-state index in [-0.39, 0.29) is 11.8 Å². The van der Waals surface area contributed by atoms with Crippen molar-refractivity contribution in [3.05, 3.63) is 71.8 Å². The van der Waals surface area contributed by atoms with Crippen LogP contribution < -0.4 is 10.6 Å². The summed E-state index contributed by atoms with van der Waals surface area (Å²) in [5.41, 5.74) is 3.89. The number of amides is 2. The Morgan fingerprint density at radius 3 is 2.62 bits per heavy atom. The van der Waals surface area contributed by atoms with Crippen LogP contribution in [0.3, 0.4) is 0 Å². The van der Waals surface area contributed by atoms with Gasteiger partial charge in [0.25, 0.3) is 5.91 Å². The number of carbonyl (C=O) groups excluding carboxylic acids is 2. The largest absolute Gasteiger partial charge is 0.326 e. The van der Waals surface area contributed by atoms with Gasteiger partial charge in [-0.15, -0.1) is 0 Å². The Balaban J connectivity index is 1.33. The Labute approximate surface area is 188 Å². The molecule has 0 unspecified atom stereocenters. The van der Waals surface area contributed by atoms with Gasteiger partial charge in [-0.2, -0.15) is 0 Å². The third-order valence-electron chi connectivity index (χ3n) is 6.27. The summed E-state index contributed by atoms with van der Waals surface area (Å²) in [5.74, 6) is -0.116. The van der Waals surface area contributed by atoms with Crippen LogP contribution in [0.5, 0.6) is 0 Å². The van der Waals surface area contributed by atoms with Gasteiger partial charge in [0.1, 0.15) is 0 Å². The molecule has 1 fully saturated rings. The van der Waals surface area contributed by atoms with E-state index in [4.69, 9.17) is 0 Å². The van der Waals surface area contributed by atoms with E-state index in [0.717, 1.165) is 41.8 Å². The minimum atomic E-state index is -0.123. The molecule has 0 radical (unpaired) electrons. The van der Waals surface area contributed by atoms with Gasteiger partial charge < -0.3 is 15.5 Å². The third-order valence-corrected chi connectivity index (χ3v) is 6.27. The maximum absolute atomic E-state index is 12.6. The van der Waals surface area contributed by atoms with E-state index in [1.807, 2.05) is 42.5 Å². The fourth-order valence-corrected chi connectivity index (χ4v) is 4.54. The first-order valence-corrected chi connectivity index (χ1v) is 11.3. The number of rotatable bonds is 5. The molecule has 3 aromatic rings. The van der Waals surface area contributed by atoms with Crippen LogP contribution in [0, 0.1) is 0 Å². The average Bonchev–Trinajstić information content (AvgIpc) is 3.13. The highest BCUT2D eigenvalue weighted by Gasteiger charge is 2.24. The zero-order valence-corrected chi connectivity index (χ0v) is 18.1. The Bertz CT molecular complexity index is 1210. The number of fused-ring (bicyclic) bond motifs is 2. The molecule has 2 aliphatic rings. The second-order valence-electron chi connectivity index (χ2n) is 8.58. The van der Waals surface area contributed by atoms with E-state index in [1.54, 1.807) is 0 Å². The molecule has 2 N–H and O–H groups in total. The van der Waals surface area contributed by atoms with Gasteiger partial charge >= 0.3 is 0 Å². The number of likely N-dealkylation sites (tertiary alicyclic amines) is 1. The number of hydrogen-bond acceptors (Lipinski definition) is 3. The van der Waals surface area contributed by atoms with Crippen LogP contribution in [0.25, 0.3) is 22.4 Å². The molecule has 0 aliphatic carbocycles. The lowest BCUT2D eigenvalue weighted by atomic mass is 10.0. The molecule has 5 nitrogen and oxygen atoms in total. The summed E-state index contributed by atoms with van der Waals surface area (Å²) < 4.78 is 0. The van der Waals surface area contributed by atoms with E-state index in [2.05, 4.69) is 39.8 Å². The van der Waals surface area contributed by atoms with Crippen molar-refractivity contribution in [3.63, 3.8) is 0 Å². The van der Waals surface area contributed by atoms with Crippen LogP contribution in [0.4, 0.5) is 11.4 Å². The second kappa shape index (κ2) is 8.97. The highest BCUT2D eigenvalue weighted by molar-refractivity contribution is 6.35. The number of piperidine rings is 1. The number of nitrogens with one attached hydrogen (secondary N) is 2. The first-order valence-electron chi connectivity index (χ1n) is 11.3. The zero-order valence-electron chi connectivity index (χ0n) is 18.1. The quantitative estimate of drug-likeness (QED) is 0.556. The molecule has 5 rings (SSSR count). The molecule has 0 saturated carbocycles. The molecular formula is C27H27N3O2. The van der Waals surface area contributed by atoms with Gasteiger partial charge in [-0.25, -0.2) is 0 Å². The van der Waals surface area contributed by atoms with Gasteiger partial charge in [0.05, 0.1) is 0 Å². The molecule has 5 heteroatoms. The van der Waals surface area contributed by atoms with Crippen molar-refractivity contribution in [2.45, 2.75) is 25.7 Å². The van der Waals surface area contributed by atoms with Crippen molar-refractivity contribution in [1.82, 2.24) is 4.90 Å². The fourth-order valence-electron chi connectivity index (χ4n) is 4.54. The summed E-state index contributed by atoms with van der Waals surface area (Å²) >= 11 is 0. The smallest absolute Gasteiger partial charge is 0.256 e. The van der Waals surface area contributed by atoms with Crippen molar-refractivity contribution in [1.29, 1.82) is 0 Å². The fraction of sp³-hybridized carbons (Fsp3) is 0.259. The summed E-state index contributed by atoms with van der Waals surface area (Å²) in [4.78, 5) is 27.5. The van der Waals surface area contributed by atoms with Gasteiger partial charge in [0.2, 0.25) is 5.91 Å². The van der Waals surface area contributed by atoms with Crippen molar-refractivity contribution < 1.29 is 9.59 Å². The van der Waals surface area contributed by atoms with Gasteiger partial charge in [-0.1, -0.05) is 42.8 Å². The maximum Gasteiger partial charge on any atom is 0.256 e. The Hall–Kier alpha value is -3.44. The Kier molecular flexibility index (Phi) is 5.73. The monoisotopic (exact) mass is 425 g/mol. The molecule has 0 bridgehead atoms. The van der Waals surface area contributed by atoms with Crippen molar-refractivity contribution in [2.75, 3.05) is 30.3 Å². The predicted octanol–water partition coefficient (Wildman–Crippen LogP) is 5.15. The van der Waals surface area contributed by atoms with Crippen LogP contribution in [-0.2, 0) is 9.59 Å². The van der Waals surface area contributed by atoms with Crippen LogP contribution in [0.1, 0.15) is 36.8 Å². The second-order valence-corrected chi connectivity index (χ2v) is 8.58. The lowest BCUT2D eigenvalue weighted by Gasteiger charge is -2.25.